The van der Waals surface area contributed by atoms with Crippen molar-refractivity contribution in [2.75, 3.05) is 26.4 Å². The molecule has 6 N–H and O–H groups in total. The van der Waals surface area contributed by atoms with Crippen molar-refractivity contribution in [1.82, 2.24) is 0 Å². The van der Waals surface area contributed by atoms with Gasteiger partial charge in [-0.05, 0) is 112 Å². The molecule has 4 aliphatic carbocycles. The number of fused-ring (bicyclic) bond motifs is 2. The molecule has 390 valence electrons. The molecule has 0 aliphatic heterocycles. The Morgan fingerprint density at radius 3 is 1.46 bits per heavy atom. The van der Waals surface area contributed by atoms with Crippen LogP contribution < -0.4 is 69.6 Å². The average molecular weight is 1030 g/mol. The molecule has 0 bridgehead atoms. The summed E-state index contributed by atoms with van der Waals surface area (Å²) in [5.74, 6) is -3.06. The van der Waals surface area contributed by atoms with Gasteiger partial charge in [-0.2, -0.15) is 0 Å². The molecule has 71 heavy (non-hydrogen) atoms. The topological polar surface area (TPSA) is 332 Å². The van der Waals surface area contributed by atoms with E-state index in [1.54, 1.807) is 19.1 Å². The third-order valence-electron chi connectivity index (χ3n) is 14.1. The number of carbonyl (C=O) groups excluding carboxylic acids is 4. The van der Waals surface area contributed by atoms with Crippen molar-refractivity contribution < 1.29 is 139 Å². The van der Waals surface area contributed by atoms with Gasteiger partial charge in [0.2, 0.25) is 17.1 Å². The van der Waals surface area contributed by atoms with E-state index in [-0.39, 0.29) is 153 Å². The Bertz CT molecular complexity index is 1850. The van der Waals surface area contributed by atoms with Crippen molar-refractivity contribution in [2.24, 2.45) is 45.9 Å². The number of ketones is 4. The van der Waals surface area contributed by atoms with Crippen LogP contribution in [0, 0.1) is 45.3 Å². The maximum absolute atomic E-state index is 12.7. The van der Waals surface area contributed by atoms with Gasteiger partial charge in [0.15, 0.2) is 17.1 Å². The van der Waals surface area contributed by atoms with Crippen molar-refractivity contribution >= 4 is 23.1 Å². The van der Waals surface area contributed by atoms with E-state index < -0.39 is 96.3 Å². The van der Waals surface area contributed by atoms with Crippen LogP contribution in [0.25, 0.3) is 0 Å². The molecule has 0 spiro atoms. The molecule has 0 amide bonds. The fraction of sp³-hybridized carbons (Fsp3) is 0.755. The number of allylic oxidation sites excluding steroid dienone is 4. The number of aliphatic hydroxyl groups excluding tert-OH is 6. The molecular formula is C49H74N2Na2O18. The van der Waals surface area contributed by atoms with Gasteiger partial charge in [0.1, 0.15) is 13.2 Å². The van der Waals surface area contributed by atoms with Gasteiger partial charge >= 0.3 is 59.1 Å². The molecule has 0 aromatic carbocycles. The number of aliphatic hydroxyl groups is 6. The molecule has 22 heteroatoms. The summed E-state index contributed by atoms with van der Waals surface area (Å²) in [6.07, 6.45) is 8.73. The second kappa shape index (κ2) is 32.7. The first-order chi connectivity index (χ1) is 32.6. The predicted octanol–water partition coefficient (Wildman–Crippen LogP) is -4.09. The minimum Gasteiger partial charge on any atom is -0.723 e. The maximum atomic E-state index is 12.7. The molecule has 4 rings (SSSR count). The summed E-state index contributed by atoms with van der Waals surface area (Å²) in [6.45, 7) is 8.14. The fourth-order valence-corrected chi connectivity index (χ4v) is 9.87. The van der Waals surface area contributed by atoms with Gasteiger partial charge in [0, 0.05) is 44.3 Å². The van der Waals surface area contributed by atoms with E-state index >= 15 is 0 Å². The molecule has 0 saturated carbocycles. The molecule has 20 nitrogen and oxygen atoms in total. The van der Waals surface area contributed by atoms with Gasteiger partial charge in [0.05, 0.1) is 48.8 Å². The Labute approximate surface area is 460 Å². The van der Waals surface area contributed by atoms with Gasteiger partial charge in [0.25, 0.3) is 0 Å². The molecule has 0 aromatic heterocycles. The molecule has 4 aliphatic rings. The van der Waals surface area contributed by atoms with E-state index in [0.29, 0.717) is 25.7 Å². The zero-order chi connectivity index (χ0) is 51.6. The number of rotatable bonds is 29. The number of carbonyl (C=O) groups is 4. The SMILES string of the molecule is CC1C=CC2=CC(O)CC(OCC(=O)C(=O)C(C)(C)N=O)C2[C@H]1CCC(O)CC(O)CCO[O-].CCC(=O)C(C)(N=O)C(=O)COC1CC(O)C=C2C=CC(C)[C@H](CCC(O)CC(O)CCO[O-])C21.[Na+].[Na+]. The van der Waals surface area contributed by atoms with Crippen LogP contribution in [0.3, 0.4) is 0 Å². The van der Waals surface area contributed by atoms with Gasteiger partial charge in [-0.25, -0.2) is 0 Å². The zero-order valence-electron chi connectivity index (χ0n) is 42.6. The van der Waals surface area contributed by atoms with Crippen LogP contribution in [0.15, 0.2) is 58.0 Å². The Hall–Kier alpha value is -1.64. The number of Topliss-reactive ketones (excluding diaryl/α,β-unsaturated/α-hetero) is 4. The van der Waals surface area contributed by atoms with Crippen LogP contribution in [-0.4, -0.2) is 140 Å². The molecule has 0 radical (unpaired) electrons. The summed E-state index contributed by atoms with van der Waals surface area (Å²) in [7, 11) is 0. The van der Waals surface area contributed by atoms with Gasteiger partial charge < -0.3 is 60.4 Å². The first kappa shape index (κ1) is 67.4. The minimum absolute atomic E-state index is 0. The molecule has 0 saturated heterocycles. The zero-order valence-corrected chi connectivity index (χ0v) is 46.6. The summed E-state index contributed by atoms with van der Waals surface area (Å²) in [4.78, 5) is 79.0. The van der Waals surface area contributed by atoms with E-state index in [0.717, 1.165) is 11.1 Å². The Kier molecular flexibility index (Phi) is 31.1. The second-order valence-electron chi connectivity index (χ2n) is 19.7. The van der Waals surface area contributed by atoms with Crippen LogP contribution in [0.2, 0.25) is 0 Å². The molecular weight excluding hydrogens is 951 g/mol. The Morgan fingerprint density at radius 2 is 1.08 bits per heavy atom. The second-order valence-corrected chi connectivity index (χ2v) is 19.7. The van der Waals surface area contributed by atoms with Gasteiger partial charge in [-0.3, -0.25) is 19.2 Å². The summed E-state index contributed by atoms with van der Waals surface area (Å²) < 4.78 is 11.8. The standard InChI is InChI=1S/C25H39NO9.C24H37NO9.2Na/c1-4-22(30)25(3,26-32)23(31)14-34-21-13-19(29)11-16-6-5-15(2)20(24(16)21)8-7-17(27)12-18(28)9-10-35-33;1-14-4-5-15-10-18(28)12-21(33-13-20(29)23(30)24(2,3)25-31)22(15)19(14)7-6-16(26)11-17(27)8-9-34-32;;/h5-6,11,15,17-21,24,27-29,33H,4,7-10,12-14H2,1-3H3;4-5,10,14,16-19,21-22,26-28,32H,6-9,11-13H2,1-3H3;;/q;;2*+1/p-2/t15?,17?,18?,19?,20-,21?,24?,25?;14?,16?,17?,18?,19-,21?,22?;;/m00../s1. The molecule has 13 unspecified atom stereocenters. The minimum atomic E-state index is -2.00. The summed E-state index contributed by atoms with van der Waals surface area (Å²) in [5.41, 5.74) is -1.90. The number of hydrogen-bond acceptors (Lipinski definition) is 20. The predicted molar refractivity (Wildman–Crippen MR) is 245 cm³/mol. The first-order valence-electron chi connectivity index (χ1n) is 24.0. The van der Waals surface area contributed by atoms with E-state index in [2.05, 4.69) is 20.1 Å². The monoisotopic (exact) mass is 1020 g/mol. The first-order valence-corrected chi connectivity index (χ1v) is 24.0. The van der Waals surface area contributed by atoms with Crippen molar-refractivity contribution in [3.63, 3.8) is 0 Å². The van der Waals surface area contributed by atoms with Crippen molar-refractivity contribution in [3.05, 3.63) is 57.4 Å². The third kappa shape index (κ3) is 20.1. The molecule has 0 heterocycles. The van der Waals surface area contributed by atoms with E-state index in [4.69, 9.17) is 9.47 Å². The Morgan fingerprint density at radius 1 is 0.676 bits per heavy atom. The van der Waals surface area contributed by atoms with Crippen molar-refractivity contribution in [2.45, 2.75) is 172 Å². The average Bonchev–Trinajstić information content (AvgIpc) is 3.31. The molecule has 0 aromatic rings. The summed E-state index contributed by atoms with van der Waals surface area (Å²) in [6, 6.07) is 0. The van der Waals surface area contributed by atoms with Gasteiger partial charge in [-0.15, -0.1) is 9.81 Å². The smallest absolute Gasteiger partial charge is 0.723 e. The van der Waals surface area contributed by atoms with Crippen LogP contribution in [0.4, 0.5) is 0 Å². The van der Waals surface area contributed by atoms with E-state index in [1.165, 1.54) is 20.8 Å². The Balaban J connectivity index is 0.000000691. The number of ether oxygens (including phenoxy) is 2. The van der Waals surface area contributed by atoms with Crippen LogP contribution in [0.5, 0.6) is 0 Å². The summed E-state index contributed by atoms with van der Waals surface area (Å²) in [5, 5.41) is 87.0. The molecule has 15 atom stereocenters. The third-order valence-corrected chi connectivity index (χ3v) is 14.1. The van der Waals surface area contributed by atoms with E-state index in [1.807, 2.05) is 38.2 Å². The maximum Gasteiger partial charge on any atom is 1.00 e. The van der Waals surface area contributed by atoms with E-state index in [9.17, 15) is 70.1 Å². The largest absolute Gasteiger partial charge is 1.00 e. The fourth-order valence-electron chi connectivity index (χ4n) is 9.87. The number of hydrogen-bond donors (Lipinski definition) is 6. The number of nitrogens with zero attached hydrogens (tertiary/aromatic N) is 2. The van der Waals surface area contributed by atoms with Gasteiger partial charge in [-0.1, -0.05) is 62.4 Å². The van der Waals surface area contributed by atoms with Crippen LogP contribution >= 0.6 is 0 Å². The van der Waals surface area contributed by atoms with Crippen LogP contribution in [-0.2, 0) is 38.4 Å². The molecule has 0 fully saturated rings. The van der Waals surface area contributed by atoms with Crippen molar-refractivity contribution in [1.29, 1.82) is 0 Å². The quantitative estimate of drug-likeness (QED) is 0.0104. The van der Waals surface area contributed by atoms with Crippen LogP contribution in [0.1, 0.15) is 112 Å². The normalized spacial score (nSPS) is 28.2. The van der Waals surface area contributed by atoms with Crippen molar-refractivity contribution in [3.8, 4) is 0 Å². The number of nitroso groups, excluding NO2 is 2. The summed E-state index contributed by atoms with van der Waals surface area (Å²) >= 11 is 0.